The summed E-state index contributed by atoms with van der Waals surface area (Å²) in [4.78, 5) is 2.88. The van der Waals surface area contributed by atoms with Gasteiger partial charge in [-0.15, -0.1) is 0 Å². The predicted octanol–water partition coefficient (Wildman–Crippen LogP) is 3.67. The fourth-order valence-corrected chi connectivity index (χ4v) is 4.15. The van der Waals surface area contributed by atoms with Gasteiger partial charge in [0.1, 0.15) is 0 Å². The molecule has 2 rings (SSSR count). The third-order valence-electron chi connectivity index (χ3n) is 5.32. The van der Waals surface area contributed by atoms with Crippen molar-refractivity contribution in [1.29, 1.82) is 0 Å². The average molecular weight is 266 g/mol. The van der Waals surface area contributed by atoms with Gasteiger partial charge in [0.05, 0.1) is 0 Å². The Hall–Kier alpha value is -0.0800. The van der Waals surface area contributed by atoms with E-state index >= 15 is 0 Å². The molecule has 0 aromatic heterocycles. The molecule has 1 N–H and O–H groups in total. The van der Waals surface area contributed by atoms with Crippen LogP contribution in [0.25, 0.3) is 0 Å². The standard InChI is InChI=1S/C17H34N2/c1-4-11-19(17-9-6-10-18-13-17)16-8-5-7-15(12-16)14(2)3/h14-18H,4-13H2,1-3H3. The topological polar surface area (TPSA) is 15.3 Å². The molecule has 19 heavy (non-hydrogen) atoms. The first-order chi connectivity index (χ1) is 9.22. The molecule has 3 unspecified atom stereocenters. The third-order valence-corrected chi connectivity index (χ3v) is 5.32. The zero-order valence-corrected chi connectivity index (χ0v) is 13.3. The van der Waals surface area contributed by atoms with Crippen LogP contribution >= 0.6 is 0 Å². The van der Waals surface area contributed by atoms with Crippen molar-refractivity contribution in [2.45, 2.75) is 77.8 Å². The SMILES string of the molecule is CCCN(C1CCCNC1)C1CCCC(C(C)C)C1. The Morgan fingerprint density at radius 3 is 2.53 bits per heavy atom. The highest BCUT2D eigenvalue weighted by molar-refractivity contribution is 4.87. The van der Waals surface area contributed by atoms with Crippen molar-refractivity contribution in [3.05, 3.63) is 0 Å². The molecule has 2 nitrogen and oxygen atoms in total. The zero-order valence-electron chi connectivity index (χ0n) is 13.3. The molecular weight excluding hydrogens is 232 g/mol. The molecule has 1 saturated carbocycles. The number of rotatable bonds is 5. The zero-order chi connectivity index (χ0) is 13.7. The number of nitrogens with zero attached hydrogens (tertiary/aromatic N) is 1. The maximum absolute atomic E-state index is 3.61. The van der Waals surface area contributed by atoms with Crippen molar-refractivity contribution in [1.82, 2.24) is 10.2 Å². The van der Waals surface area contributed by atoms with E-state index in [1.54, 1.807) is 0 Å². The molecule has 112 valence electrons. The second-order valence-electron chi connectivity index (χ2n) is 7.06. The molecule has 0 spiro atoms. The molecule has 0 aromatic rings. The summed E-state index contributed by atoms with van der Waals surface area (Å²) in [5, 5.41) is 3.61. The second kappa shape index (κ2) is 7.64. The van der Waals surface area contributed by atoms with Crippen LogP contribution in [0.15, 0.2) is 0 Å². The van der Waals surface area contributed by atoms with E-state index in [-0.39, 0.29) is 0 Å². The minimum Gasteiger partial charge on any atom is -0.315 e. The normalized spacial score (nSPS) is 33.0. The van der Waals surface area contributed by atoms with Crippen LogP contribution in [0.2, 0.25) is 0 Å². The van der Waals surface area contributed by atoms with Crippen molar-refractivity contribution in [2.75, 3.05) is 19.6 Å². The quantitative estimate of drug-likeness (QED) is 0.817. The average Bonchev–Trinajstić information content (AvgIpc) is 2.46. The van der Waals surface area contributed by atoms with Gasteiger partial charge < -0.3 is 5.32 Å². The van der Waals surface area contributed by atoms with E-state index in [1.807, 2.05) is 0 Å². The summed E-state index contributed by atoms with van der Waals surface area (Å²) in [6, 6.07) is 1.68. The van der Waals surface area contributed by atoms with Gasteiger partial charge in [0, 0.05) is 18.6 Å². The molecule has 1 aliphatic heterocycles. The third kappa shape index (κ3) is 4.19. The Labute approximate surface area is 120 Å². The monoisotopic (exact) mass is 266 g/mol. The van der Waals surface area contributed by atoms with Crippen LogP contribution in [0.3, 0.4) is 0 Å². The summed E-state index contributed by atoms with van der Waals surface area (Å²) in [7, 11) is 0. The lowest BCUT2D eigenvalue weighted by Crippen LogP contribution is -2.52. The van der Waals surface area contributed by atoms with Crippen molar-refractivity contribution < 1.29 is 0 Å². The van der Waals surface area contributed by atoms with Gasteiger partial charge >= 0.3 is 0 Å². The summed E-state index contributed by atoms with van der Waals surface area (Å²) >= 11 is 0. The highest BCUT2D eigenvalue weighted by atomic mass is 15.2. The van der Waals surface area contributed by atoms with Crippen LogP contribution in [-0.2, 0) is 0 Å². The van der Waals surface area contributed by atoms with Gasteiger partial charge in [-0.3, -0.25) is 4.90 Å². The maximum Gasteiger partial charge on any atom is 0.0224 e. The van der Waals surface area contributed by atoms with Crippen molar-refractivity contribution >= 4 is 0 Å². The number of hydrogen-bond donors (Lipinski definition) is 1. The minimum atomic E-state index is 0.810. The molecule has 0 bridgehead atoms. The van der Waals surface area contributed by atoms with Gasteiger partial charge in [-0.05, 0) is 57.0 Å². The van der Waals surface area contributed by atoms with Crippen LogP contribution in [0.5, 0.6) is 0 Å². The molecule has 1 heterocycles. The van der Waals surface area contributed by atoms with Crippen LogP contribution in [-0.4, -0.2) is 36.6 Å². The van der Waals surface area contributed by atoms with Gasteiger partial charge in [-0.25, -0.2) is 0 Å². The first-order valence-electron chi connectivity index (χ1n) is 8.68. The van der Waals surface area contributed by atoms with Crippen molar-refractivity contribution in [3.8, 4) is 0 Å². The largest absolute Gasteiger partial charge is 0.315 e. The van der Waals surface area contributed by atoms with E-state index in [0.717, 1.165) is 23.9 Å². The van der Waals surface area contributed by atoms with Gasteiger partial charge in [-0.1, -0.05) is 33.6 Å². The van der Waals surface area contributed by atoms with E-state index < -0.39 is 0 Å². The van der Waals surface area contributed by atoms with E-state index in [4.69, 9.17) is 0 Å². The van der Waals surface area contributed by atoms with Crippen molar-refractivity contribution in [2.24, 2.45) is 11.8 Å². The Balaban J connectivity index is 1.96. The summed E-state index contributed by atoms with van der Waals surface area (Å²) < 4.78 is 0. The van der Waals surface area contributed by atoms with E-state index in [0.29, 0.717) is 0 Å². The Morgan fingerprint density at radius 1 is 1.11 bits per heavy atom. The van der Waals surface area contributed by atoms with E-state index in [9.17, 15) is 0 Å². The van der Waals surface area contributed by atoms with E-state index in [2.05, 4.69) is 31.0 Å². The smallest absolute Gasteiger partial charge is 0.0224 e. The lowest BCUT2D eigenvalue weighted by molar-refractivity contribution is 0.0633. The fourth-order valence-electron chi connectivity index (χ4n) is 4.15. The highest BCUT2D eigenvalue weighted by Gasteiger charge is 2.31. The highest BCUT2D eigenvalue weighted by Crippen LogP contribution is 2.34. The van der Waals surface area contributed by atoms with Gasteiger partial charge in [0.2, 0.25) is 0 Å². The lowest BCUT2D eigenvalue weighted by atomic mass is 9.78. The molecule has 0 amide bonds. The lowest BCUT2D eigenvalue weighted by Gasteiger charge is -2.44. The number of hydrogen-bond acceptors (Lipinski definition) is 2. The van der Waals surface area contributed by atoms with Gasteiger partial charge in [0.25, 0.3) is 0 Å². The minimum absolute atomic E-state index is 0.810. The summed E-state index contributed by atoms with van der Waals surface area (Å²) in [6.45, 7) is 10.9. The molecule has 0 radical (unpaired) electrons. The first-order valence-corrected chi connectivity index (χ1v) is 8.68. The first kappa shape index (κ1) is 15.3. The van der Waals surface area contributed by atoms with Crippen LogP contribution in [0.1, 0.15) is 65.7 Å². The van der Waals surface area contributed by atoms with Crippen LogP contribution in [0.4, 0.5) is 0 Å². The maximum atomic E-state index is 3.61. The molecule has 2 aliphatic rings. The Morgan fingerprint density at radius 2 is 1.89 bits per heavy atom. The number of nitrogens with one attached hydrogen (secondary N) is 1. The Bertz CT molecular complexity index is 246. The summed E-state index contributed by atoms with van der Waals surface area (Å²) in [5.74, 6) is 1.84. The molecule has 2 heteroatoms. The molecule has 1 aliphatic carbocycles. The van der Waals surface area contributed by atoms with E-state index in [1.165, 1.54) is 64.6 Å². The molecule has 0 aromatic carbocycles. The summed E-state index contributed by atoms with van der Waals surface area (Å²) in [5.41, 5.74) is 0. The van der Waals surface area contributed by atoms with Gasteiger partial charge in [0.15, 0.2) is 0 Å². The fraction of sp³-hybridized carbons (Fsp3) is 1.00. The van der Waals surface area contributed by atoms with Crippen molar-refractivity contribution in [3.63, 3.8) is 0 Å². The molecule has 3 atom stereocenters. The molecular formula is C17H34N2. The predicted molar refractivity (Wildman–Crippen MR) is 83.5 cm³/mol. The summed E-state index contributed by atoms with van der Waals surface area (Å²) in [6.07, 6.45) is 9.90. The molecule has 1 saturated heterocycles. The van der Waals surface area contributed by atoms with Crippen LogP contribution in [0, 0.1) is 11.8 Å². The second-order valence-corrected chi connectivity index (χ2v) is 7.06. The number of piperidine rings is 1. The molecule has 2 fully saturated rings. The van der Waals surface area contributed by atoms with Crippen LogP contribution < -0.4 is 5.32 Å². The Kier molecular flexibility index (Phi) is 6.15. The van der Waals surface area contributed by atoms with Gasteiger partial charge in [-0.2, -0.15) is 0 Å².